The summed E-state index contributed by atoms with van der Waals surface area (Å²) < 4.78 is 27.7. The molecule has 1 unspecified atom stereocenters. The van der Waals surface area contributed by atoms with Crippen LogP contribution in [0.4, 0.5) is 8.78 Å². The second-order valence-corrected chi connectivity index (χ2v) is 5.17. The van der Waals surface area contributed by atoms with E-state index in [9.17, 15) is 13.6 Å². The van der Waals surface area contributed by atoms with Crippen LogP contribution in [-0.2, 0) is 0 Å². The highest BCUT2D eigenvalue weighted by Crippen LogP contribution is 2.17. The average Bonchev–Trinajstić information content (AvgIpc) is 3.12. The van der Waals surface area contributed by atoms with Crippen LogP contribution in [0.2, 0.25) is 0 Å². The van der Waals surface area contributed by atoms with E-state index in [1.807, 2.05) is 0 Å². The second-order valence-electron chi connectivity index (χ2n) is 5.17. The summed E-state index contributed by atoms with van der Waals surface area (Å²) in [6.07, 6.45) is 1.44. The zero-order chi connectivity index (χ0) is 17.1. The van der Waals surface area contributed by atoms with Crippen molar-refractivity contribution in [1.82, 2.24) is 25.5 Å². The Labute approximate surface area is 136 Å². The van der Waals surface area contributed by atoms with Gasteiger partial charge in [0.2, 0.25) is 0 Å². The summed E-state index contributed by atoms with van der Waals surface area (Å²) >= 11 is 0. The van der Waals surface area contributed by atoms with E-state index in [1.54, 1.807) is 31.2 Å². The van der Waals surface area contributed by atoms with Crippen molar-refractivity contribution in [1.29, 1.82) is 0 Å². The molecule has 0 aliphatic heterocycles. The molecule has 0 aliphatic rings. The highest BCUT2D eigenvalue weighted by molar-refractivity contribution is 5.94. The zero-order valence-corrected chi connectivity index (χ0v) is 12.6. The van der Waals surface area contributed by atoms with Crippen LogP contribution in [0.1, 0.15) is 28.9 Å². The Morgan fingerprint density at radius 3 is 2.50 bits per heavy atom. The molecule has 0 radical (unpaired) electrons. The first kappa shape index (κ1) is 15.7. The van der Waals surface area contributed by atoms with Gasteiger partial charge in [-0.05, 0) is 59.3 Å². The standard InChI is InChI=1S/C16H13F2N5O/c1-10(12-4-7-14(17)15(18)8-12)20-16(24)11-2-5-13(6-3-11)23-9-19-21-22-23/h2-10H,1H3,(H,20,24). The lowest BCUT2D eigenvalue weighted by Gasteiger charge is -2.15. The highest BCUT2D eigenvalue weighted by atomic mass is 19.2. The van der Waals surface area contributed by atoms with Crippen molar-refractivity contribution in [3.8, 4) is 5.69 Å². The lowest BCUT2D eigenvalue weighted by Crippen LogP contribution is -2.26. The summed E-state index contributed by atoms with van der Waals surface area (Å²) in [6.45, 7) is 1.69. The maximum atomic E-state index is 13.3. The molecule has 2 aromatic carbocycles. The number of halogens is 2. The van der Waals surface area contributed by atoms with E-state index in [0.717, 1.165) is 12.1 Å². The van der Waals surface area contributed by atoms with E-state index in [1.165, 1.54) is 17.1 Å². The molecule has 8 heteroatoms. The number of aromatic nitrogens is 4. The molecule has 3 aromatic rings. The van der Waals surface area contributed by atoms with Gasteiger partial charge in [0, 0.05) is 5.56 Å². The second kappa shape index (κ2) is 6.53. The molecular formula is C16H13F2N5O. The Hall–Kier alpha value is -3.16. The van der Waals surface area contributed by atoms with Crippen molar-refractivity contribution in [2.24, 2.45) is 0 Å². The third-order valence-electron chi connectivity index (χ3n) is 3.53. The van der Waals surface area contributed by atoms with Gasteiger partial charge in [0.15, 0.2) is 11.6 Å². The lowest BCUT2D eigenvalue weighted by atomic mass is 10.1. The quantitative estimate of drug-likeness (QED) is 0.798. The van der Waals surface area contributed by atoms with Crippen LogP contribution in [0, 0.1) is 11.6 Å². The lowest BCUT2D eigenvalue weighted by molar-refractivity contribution is 0.0940. The van der Waals surface area contributed by atoms with Crippen molar-refractivity contribution >= 4 is 5.91 Å². The van der Waals surface area contributed by atoms with E-state index >= 15 is 0 Å². The molecular weight excluding hydrogens is 316 g/mol. The summed E-state index contributed by atoms with van der Waals surface area (Å²) in [7, 11) is 0. The largest absolute Gasteiger partial charge is 0.346 e. The molecule has 1 heterocycles. The van der Waals surface area contributed by atoms with Crippen LogP contribution in [0.15, 0.2) is 48.8 Å². The van der Waals surface area contributed by atoms with E-state index < -0.39 is 17.7 Å². The Morgan fingerprint density at radius 2 is 1.88 bits per heavy atom. The van der Waals surface area contributed by atoms with Gasteiger partial charge in [-0.1, -0.05) is 6.07 Å². The summed E-state index contributed by atoms with van der Waals surface area (Å²) in [4.78, 5) is 12.3. The molecule has 6 nitrogen and oxygen atoms in total. The molecule has 0 saturated carbocycles. The SMILES string of the molecule is CC(NC(=O)c1ccc(-n2cnnn2)cc1)c1ccc(F)c(F)c1. The topological polar surface area (TPSA) is 72.7 Å². The van der Waals surface area contributed by atoms with E-state index in [0.29, 0.717) is 16.8 Å². The summed E-state index contributed by atoms with van der Waals surface area (Å²) in [5, 5.41) is 13.6. The molecule has 24 heavy (non-hydrogen) atoms. The Bertz CT molecular complexity index is 849. The molecule has 1 atom stereocenters. The minimum absolute atomic E-state index is 0.324. The molecule has 0 spiro atoms. The number of benzene rings is 2. The van der Waals surface area contributed by atoms with E-state index in [-0.39, 0.29) is 5.91 Å². The molecule has 1 N–H and O–H groups in total. The number of carbonyl (C=O) groups excluding carboxylic acids is 1. The van der Waals surface area contributed by atoms with Crippen molar-refractivity contribution in [2.75, 3.05) is 0 Å². The number of amides is 1. The van der Waals surface area contributed by atoms with E-state index in [4.69, 9.17) is 0 Å². The van der Waals surface area contributed by atoms with Gasteiger partial charge in [-0.2, -0.15) is 0 Å². The first-order valence-electron chi connectivity index (χ1n) is 7.14. The fourth-order valence-electron chi connectivity index (χ4n) is 2.19. The molecule has 122 valence electrons. The van der Waals surface area contributed by atoms with Crippen molar-refractivity contribution in [2.45, 2.75) is 13.0 Å². The van der Waals surface area contributed by atoms with Crippen molar-refractivity contribution in [3.63, 3.8) is 0 Å². The molecule has 3 rings (SSSR count). The number of hydrogen-bond donors (Lipinski definition) is 1. The minimum Gasteiger partial charge on any atom is -0.346 e. The predicted molar refractivity (Wildman–Crippen MR) is 81.4 cm³/mol. The third kappa shape index (κ3) is 3.27. The van der Waals surface area contributed by atoms with Crippen LogP contribution in [0.25, 0.3) is 5.69 Å². The van der Waals surface area contributed by atoms with Crippen LogP contribution < -0.4 is 5.32 Å². The average molecular weight is 329 g/mol. The summed E-state index contributed by atoms with van der Waals surface area (Å²) in [5.74, 6) is -2.19. The molecule has 0 bridgehead atoms. The van der Waals surface area contributed by atoms with Gasteiger partial charge in [0.05, 0.1) is 11.7 Å². The van der Waals surface area contributed by atoms with Gasteiger partial charge < -0.3 is 5.32 Å². The monoisotopic (exact) mass is 329 g/mol. The number of nitrogens with one attached hydrogen (secondary N) is 1. The Morgan fingerprint density at radius 1 is 1.12 bits per heavy atom. The van der Waals surface area contributed by atoms with Gasteiger partial charge in [-0.3, -0.25) is 4.79 Å². The maximum Gasteiger partial charge on any atom is 0.251 e. The number of nitrogens with zero attached hydrogens (tertiary/aromatic N) is 4. The van der Waals surface area contributed by atoms with Gasteiger partial charge in [0.1, 0.15) is 6.33 Å². The number of rotatable bonds is 4. The third-order valence-corrected chi connectivity index (χ3v) is 3.53. The Kier molecular flexibility index (Phi) is 4.28. The van der Waals surface area contributed by atoms with Crippen LogP contribution in [0.3, 0.4) is 0 Å². The summed E-state index contributed by atoms with van der Waals surface area (Å²) in [5.41, 5.74) is 1.62. The van der Waals surface area contributed by atoms with Gasteiger partial charge >= 0.3 is 0 Å². The molecule has 1 aromatic heterocycles. The maximum absolute atomic E-state index is 13.3. The number of tetrazole rings is 1. The molecule has 1 amide bonds. The van der Waals surface area contributed by atoms with Gasteiger partial charge in [0.25, 0.3) is 5.91 Å². The first-order valence-corrected chi connectivity index (χ1v) is 7.14. The Balaban J connectivity index is 1.71. The fourth-order valence-corrected chi connectivity index (χ4v) is 2.19. The van der Waals surface area contributed by atoms with Gasteiger partial charge in [-0.25, -0.2) is 13.5 Å². The van der Waals surface area contributed by atoms with Crippen LogP contribution >= 0.6 is 0 Å². The zero-order valence-electron chi connectivity index (χ0n) is 12.6. The van der Waals surface area contributed by atoms with E-state index in [2.05, 4.69) is 20.8 Å². The van der Waals surface area contributed by atoms with Crippen molar-refractivity contribution in [3.05, 3.63) is 71.6 Å². The normalized spacial score (nSPS) is 12.0. The molecule has 0 saturated heterocycles. The predicted octanol–water partition coefficient (Wildman–Crippen LogP) is 2.43. The van der Waals surface area contributed by atoms with Crippen molar-refractivity contribution < 1.29 is 13.6 Å². The number of hydrogen-bond acceptors (Lipinski definition) is 4. The minimum atomic E-state index is -0.945. The fraction of sp³-hybridized carbons (Fsp3) is 0.125. The molecule has 0 aliphatic carbocycles. The number of carbonyl (C=O) groups is 1. The highest BCUT2D eigenvalue weighted by Gasteiger charge is 2.13. The first-order chi connectivity index (χ1) is 11.5. The van der Waals surface area contributed by atoms with Gasteiger partial charge in [-0.15, -0.1) is 5.10 Å². The van der Waals surface area contributed by atoms with Crippen LogP contribution in [0.5, 0.6) is 0 Å². The smallest absolute Gasteiger partial charge is 0.251 e. The summed E-state index contributed by atoms with van der Waals surface area (Å²) in [6, 6.07) is 9.74. The molecule has 0 fully saturated rings. The van der Waals surface area contributed by atoms with Crippen LogP contribution in [-0.4, -0.2) is 26.1 Å².